The molecule has 0 aliphatic heterocycles. The summed E-state index contributed by atoms with van der Waals surface area (Å²) in [5, 5.41) is 9.34. The Labute approximate surface area is 285 Å². The van der Waals surface area contributed by atoms with Gasteiger partial charge in [0.2, 0.25) is 0 Å². The van der Waals surface area contributed by atoms with E-state index in [-0.39, 0.29) is 39.1 Å². The summed E-state index contributed by atoms with van der Waals surface area (Å²) >= 11 is 0. The standard InChI is InChI=1S/C28H27N2.C11H20O2.CH3.Ir/c1-17-10-18(2)13-23(12-17)27-28(24-14-19(3)11-20(4)15-24)30-25(16-29-27)26-21(5)8-7-9-22(26)6;1-8(2)5-10(12)7-11(13)6-9(3)4;;/h7-12,14-16H,1-6H3;7-9,12H,5-6H2,1-4H3;1H3;/q-1;;-1;/b;10-7-;;. The normalized spacial score (nSPS) is 11.0. The molecule has 1 heterocycles. The fourth-order valence-electron chi connectivity index (χ4n) is 5.39. The van der Waals surface area contributed by atoms with E-state index in [9.17, 15) is 9.90 Å². The number of benzene rings is 3. The number of aromatic nitrogens is 2. The molecule has 0 fully saturated rings. The van der Waals surface area contributed by atoms with E-state index in [2.05, 4.69) is 96.1 Å². The van der Waals surface area contributed by atoms with Crippen LogP contribution in [-0.2, 0) is 24.9 Å². The Morgan fingerprint density at radius 2 is 1.38 bits per heavy atom. The van der Waals surface area contributed by atoms with Gasteiger partial charge >= 0.3 is 0 Å². The summed E-state index contributed by atoms with van der Waals surface area (Å²) < 4.78 is 0. The van der Waals surface area contributed by atoms with Crippen molar-refractivity contribution in [3.05, 3.63) is 113 Å². The van der Waals surface area contributed by atoms with E-state index in [1.165, 1.54) is 33.9 Å². The molecule has 1 aromatic heterocycles. The molecule has 0 unspecified atom stereocenters. The number of carbonyl (C=O) groups is 1. The molecule has 0 amide bonds. The minimum atomic E-state index is 0. The van der Waals surface area contributed by atoms with Crippen molar-refractivity contribution in [2.75, 3.05) is 0 Å². The Morgan fingerprint density at radius 1 is 0.822 bits per heavy atom. The second kappa shape index (κ2) is 17.9. The van der Waals surface area contributed by atoms with Gasteiger partial charge in [-0.05, 0) is 56.2 Å². The van der Waals surface area contributed by atoms with Crippen molar-refractivity contribution in [2.45, 2.75) is 82.1 Å². The zero-order chi connectivity index (χ0) is 31.8. The third-order valence-corrected chi connectivity index (χ3v) is 6.96. The molecule has 0 aliphatic carbocycles. The SMILES string of the molecule is CC(C)CC(=O)/C=C(\O)CC(C)C.Cc1[c-]c(-c2ncc(-c3c(C)cccc3C)nc2-c2cc(C)cc(C)c2)cc(C)c1.[CH3-].[Ir]. The number of allylic oxidation sites excluding steroid dienone is 2. The van der Waals surface area contributed by atoms with Crippen molar-refractivity contribution in [3.8, 4) is 33.8 Å². The summed E-state index contributed by atoms with van der Waals surface area (Å²) in [5.41, 5.74) is 13.1. The maximum Gasteiger partial charge on any atom is 0.159 e. The number of aryl methyl sites for hydroxylation is 6. The van der Waals surface area contributed by atoms with Gasteiger partial charge in [0.1, 0.15) is 0 Å². The quantitative estimate of drug-likeness (QED) is 0.110. The van der Waals surface area contributed by atoms with E-state index in [4.69, 9.17) is 9.97 Å². The summed E-state index contributed by atoms with van der Waals surface area (Å²) in [4.78, 5) is 21.3. The van der Waals surface area contributed by atoms with Gasteiger partial charge in [0.05, 0.1) is 17.1 Å². The van der Waals surface area contributed by atoms with Crippen LogP contribution >= 0.6 is 0 Å². The van der Waals surface area contributed by atoms with E-state index in [0.717, 1.165) is 39.3 Å². The second-order valence-corrected chi connectivity index (χ2v) is 12.6. The van der Waals surface area contributed by atoms with Gasteiger partial charge < -0.3 is 17.5 Å². The molecule has 5 heteroatoms. The average Bonchev–Trinajstić information content (AvgIpc) is 2.86. The number of hydrogen-bond acceptors (Lipinski definition) is 4. The van der Waals surface area contributed by atoms with Crippen molar-refractivity contribution in [3.63, 3.8) is 0 Å². The molecule has 3 aromatic carbocycles. The van der Waals surface area contributed by atoms with Crippen LogP contribution in [0, 0.1) is 66.9 Å². The van der Waals surface area contributed by atoms with Gasteiger partial charge in [-0.3, -0.25) is 9.78 Å². The zero-order valence-electron chi connectivity index (χ0n) is 28.9. The first-order chi connectivity index (χ1) is 20.2. The van der Waals surface area contributed by atoms with Crippen LogP contribution in [0.4, 0.5) is 0 Å². The first-order valence-electron chi connectivity index (χ1n) is 15.2. The van der Waals surface area contributed by atoms with Crippen molar-refractivity contribution < 1.29 is 30.0 Å². The van der Waals surface area contributed by atoms with Gasteiger partial charge in [0.25, 0.3) is 0 Å². The van der Waals surface area contributed by atoms with Crippen molar-refractivity contribution in [1.29, 1.82) is 0 Å². The maximum absolute atomic E-state index is 11.2. The molecule has 0 aliphatic rings. The summed E-state index contributed by atoms with van der Waals surface area (Å²) in [5.74, 6) is 0.979. The van der Waals surface area contributed by atoms with E-state index in [1.807, 2.05) is 33.9 Å². The first kappa shape index (κ1) is 39.6. The third kappa shape index (κ3) is 11.8. The van der Waals surface area contributed by atoms with Crippen LogP contribution in [0.3, 0.4) is 0 Å². The predicted octanol–water partition coefficient (Wildman–Crippen LogP) is 10.7. The molecule has 0 saturated carbocycles. The van der Waals surface area contributed by atoms with Crippen LogP contribution in [0.5, 0.6) is 0 Å². The van der Waals surface area contributed by atoms with E-state index in [0.29, 0.717) is 24.7 Å². The molecular formula is C40H50IrN2O2-2. The molecule has 0 atom stereocenters. The van der Waals surface area contributed by atoms with Gasteiger partial charge in [0.15, 0.2) is 5.78 Å². The van der Waals surface area contributed by atoms with Crippen LogP contribution in [0.1, 0.15) is 73.9 Å². The number of ketones is 1. The molecule has 4 nitrogen and oxygen atoms in total. The number of nitrogens with zero attached hydrogens (tertiary/aromatic N) is 2. The molecule has 45 heavy (non-hydrogen) atoms. The summed E-state index contributed by atoms with van der Waals surface area (Å²) in [7, 11) is 0. The van der Waals surface area contributed by atoms with E-state index >= 15 is 0 Å². The third-order valence-electron chi connectivity index (χ3n) is 6.96. The van der Waals surface area contributed by atoms with Crippen LogP contribution in [-0.4, -0.2) is 20.9 Å². The molecule has 4 aromatic rings. The molecule has 0 saturated heterocycles. The predicted molar refractivity (Wildman–Crippen MR) is 187 cm³/mol. The number of aliphatic hydroxyl groups is 1. The minimum absolute atomic E-state index is 0. The number of hydrogen-bond donors (Lipinski definition) is 1. The first-order valence-corrected chi connectivity index (χ1v) is 15.2. The second-order valence-electron chi connectivity index (χ2n) is 12.6. The summed E-state index contributed by atoms with van der Waals surface area (Å²) in [6.07, 6.45) is 4.37. The van der Waals surface area contributed by atoms with Gasteiger partial charge in [-0.1, -0.05) is 89.1 Å². The van der Waals surface area contributed by atoms with Crippen molar-refractivity contribution >= 4 is 5.78 Å². The fourth-order valence-corrected chi connectivity index (χ4v) is 5.39. The summed E-state index contributed by atoms with van der Waals surface area (Å²) in [6.45, 7) is 20.7. The fraction of sp³-hybridized carbons (Fsp3) is 0.350. The van der Waals surface area contributed by atoms with Crippen molar-refractivity contribution in [2.24, 2.45) is 11.8 Å². The Kier molecular flexibility index (Phi) is 15.8. The maximum atomic E-state index is 11.2. The van der Waals surface area contributed by atoms with Gasteiger partial charge in [0, 0.05) is 56.5 Å². The largest absolute Gasteiger partial charge is 0.512 e. The van der Waals surface area contributed by atoms with Gasteiger partial charge in [-0.15, -0.1) is 34.9 Å². The number of rotatable bonds is 8. The minimum Gasteiger partial charge on any atom is -0.512 e. The number of carbonyl (C=O) groups excluding carboxylic acids is 1. The monoisotopic (exact) mass is 783 g/mol. The molecule has 4 rings (SSSR count). The molecule has 0 bridgehead atoms. The Hall–Kier alpha value is -3.40. The Bertz CT molecular complexity index is 1560. The zero-order valence-corrected chi connectivity index (χ0v) is 31.3. The van der Waals surface area contributed by atoms with Crippen LogP contribution in [0.25, 0.3) is 33.8 Å². The number of aliphatic hydroxyl groups excluding tert-OH is 1. The van der Waals surface area contributed by atoms with Crippen LogP contribution < -0.4 is 0 Å². The van der Waals surface area contributed by atoms with Gasteiger partial charge in [-0.25, -0.2) is 0 Å². The Morgan fingerprint density at radius 3 is 1.91 bits per heavy atom. The summed E-state index contributed by atoms with van der Waals surface area (Å²) in [6, 6.07) is 20.7. The Balaban J connectivity index is 0.000000579. The molecule has 1 radical (unpaired) electrons. The topological polar surface area (TPSA) is 63.1 Å². The van der Waals surface area contributed by atoms with Crippen LogP contribution in [0.2, 0.25) is 0 Å². The average molecular weight is 783 g/mol. The van der Waals surface area contributed by atoms with E-state index in [1.54, 1.807) is 0 Å². The smallest absolute Gasteiger partial charge is 0.159 e. The molecule has 0 spiro atoms. The molecular weight excluding hydrogens is 733 g/mol. The molecule has 1 N–H and O–H groups in total. The van der Waals surface area contributed by atoms with E-state index < -0.39 is 0 Å². The van der Waals surface area contributed by atoms with Crippen LogP contribution in [0.15, 0.2) is 66.6 Å². The molecule has 243 valence electrons. The van der Waals surface area contributed by atoms with Gasteiger partial charge in [-0.2, -0.15) is 0 Å². The van der Waals surface area contributed by atoms with Crippen molar-refractivity contribution in [1.82, 2.24) is 9.97 Å².